The Bertz CT molecular complexity index is 899. The molecule has 0 bridgehead atoms. The van der Waals surface area contributed by atoms with Gasteiger partial charge in [-0.1, -0.05) is 41.4 Å². The van der Waals surface area contributed by atoms with E-state index in [0.29, 0.717) is 22.2 Å². The molecule has 1 fully saturated rings. The number of carbonyl (C=O) groups excluding carboxylic acids is 2. The van der Waals surface area contributed by atoms with Crippen molar-refractivity contribution in [2.75, 3.05) is 10.2 Å². The van der Waals surface area contributed by atoms with Crippen LogP contribution in [0.1, 0.15) is 18.9 Å². The van der Waals surface area contributed by atoms with Crippen molar-refractivity contribution in [1.29, 1.82) is 0 Å². The molecule has 3 unspecified atom stereocenters. The Morgan fingerprint density at radius 1 is 1.12 bits per heavy atom. The zero-order chi connectivity index (χ0) is 18.4. The van der Waals surface area contributed by atoms with E-state index in [-0.39, 0.29) is 29.7 Å². The average molecular weight is 389 g/mol. The Balaban J connectivity index is 1.45. The molecule has 2 aromatic rings. The van der Waals surface area contributed by atoms with Crippen LogP contribution >= 0.6 is 23.2 Å². The molecular weight excluding hydrogens is 371 g/mol. The molecule has 1 aliphatic heterocycles. The van der Waals surface area contributed by atoms with Gasteiger partial charge in [-0.2, -0.15) is 0 Å². The Morgan fingerprint density at radius 3 is 2.65 bits per heavy atom. The number of hydrogen-bond donors (Lipinski definition) is 1. The van der Waals surface area contributed by atoms with Crippen LogP contribution in [-0.2, 0) is 16.0 Å². The lowest BCUT2D eigenvalue weighted by Crippen LogP contribution is -2.37. The summed E-state index contributed by atoms with van der Waals surface area (Å²) >= 11 is 12.0. The third-order valence-corrected chi connectivity index (χ3v) is 5.63. The number of nitrogens with zero attached hydrogens (tertiary/aromatic N) is 1. The van der Waals surface area contributed by atoms with E-state index in [1.165, 1.54) is 5.56 Å². The van der Waals surface area contributed by atoms with Crippen LogP contribution in [0.3, 0.4) is 0 Å². The minimum atomic E-state index is -0.311. The highest BCUT2D eigenvalue weighted by atomic mass is 35.5. The molecule has 2 aliphatic rings. The second-order valence-electron chi connectivity index (χ2n) is 6.95. The van der Waals surface area contributed by atoms with E-state index >= 15 is 0 Å². The van der Waals surface area contributed by atoms with Crippen LogP contribution in [0.5, 0.6) is 0 Å². The van der Waals surface area contributed by atoms with E-state index in [2.05, 4.69) is 11.4 Å². The van der Waals surface area contributed by atoms with Crippen molar-refractivity contribution in [3.8, 4) is 0 Å². The van der Waals surface area contributed by atoms with Crippen molar-refractivity contribution in [3.63, 3.8) is 0 Å². The third-order valence-electron chi connectivity index (χ3n) is 5.08. The van der Waals surface area contributed by atoms with Gasteiger partial charge in [-0.15, -0.1) is 0 Å². The lowest BCUT2D eigenvalue weighted by atomic mass is 10.1. The van der Waals surface area contributed by atoms with Gasteiger partial charge < -0.3 is 10.2 Å². The topological polar surface area (TPSA) is 49.4 Å². The zero-order valence-electron chi connectivity index (χ0n) is 14.2. The number of halogens is 2. The quantitative estimate of drug-likeness (QED) is 0.838. The molecule has 3 atom stereocenters. The summed E-state index contributed by atoms with van der Waals surface area (Å²) < 4.78 is 0. The van der Waals surface area contributed by atoms with Crippen LogP contribution in [-0.4, -0.2) is 17.9 Å². The first-order valence-electron chi connectivity index (χ1n) is 8.62. The molecule has 1 aliphatic carbocycles. The van der Waals surface area contributed by atoms with Crippen LogP contribution in [0.25, 0.3) is 0 Å². The van der Waals surface area contributed by atoms with Gasteiger partial charge in [-0.05, 0) is 49.6 Å². The summed E-state index contributed by atoms with van der Waals surface area (Å²) in [5.74, 6) is -0.721. The van der Waals surface area contributed by atoms with E-state index in [9.17, 15) is 9.59 Å². The van der Waals surface area contributed by atoms with E-state index in [0.717, 1.165) is 12.1 Å². The van der Waals surface area contributed by atoms with Crippen LogP contribution in [0.15, 0.2) is 42.5 Å². The third kappa shape index (κ3) is 3.08. The SMILES string of the molecule is CC1Cc2ccccc2N1C(=O)C1CC1C(=O)Nc1ccc(Cl)cc1Cl. The van der Waals surface area contributed by atoms with Crippen molar-refractivity contribution in [2.45, 2.75) is 25.8 Å². The predicted molar refractivity (Wildman–Crippen MR) is 104 cm³/mol. The molecule has 4 nitrogen and oxygen atoms in total. The van der Waals surface area contributed by atoms with E-state index in [4.69, 9.17) is 23.2 Å². The highest BCUT2D eigenvalue weighted by molar-refractivity contribution is 6.36. The molecule has 2 aromatic carbocycles. The summed E-state index contributed by atoms with van der Waals surface area (Å²) in [6.45, 7) is 2.04. The first-order valence-corrected chi connectivity index (χ1v) is 9.38. The van der Waals surface area contributed by atoms with Crippen LogP contribution in [0.4, 0.5) is 11.4 Å². The Hall–Kier alpha value is -2.04. The predicted octanol–water partition coefficient (Wildman–Crippen LogP) is 4.55. The number of rotatable bonds is 3. The monoisotopic (exact) mass is 388 g/mol. The number of hydrogen-bond acceptors (Lipinski definition) is 2. The maximum Gasteiger partial charge on any atom is 0.231 e. The van der Waals surface area contributed by atoms with Crippen molar-refractivity contribution >= 4 is 46.4 Å². The fourth-order valence-corrected chi connectivity index (χ4v) is 4.11. The number of nitrogens with one attached hydrogen (secondary N) is 1. The van der Waals surface area contributed by atoms with Crippen LogP contribution < -0.4 is 10.2 Å². The number of anilines is 2. The number of benzene rings is 2. The van der Waals surface area contributed by atoms with Gasteiger partial charge in [0.05, 0.1) is 22.5 Å². The summed E-state index contributed by atoms with van der Waals surface area (Å²) in [6, 6.07) is 13.0. The summed E-state index contributed by atoms with van der Waals surface area (Å²) in [6.07, 6.45) is 1.42. The van der Waals surface area contributed by atoms with Gasteiger partial charge in [-0.3, -0.25) is 9.59 Å². The van der Waals surface area contributed by atoms with Gasteiger partial charge in [0.2, 0.25) is 11.8 Å². The molecule has 1 heterocycles. The van der Waals surface area contributed by atoms with Gasteiger partial charge in [0.1, 0.15) is 0 Å². The largest absolute Gasteiger partial charge is 0.325 e. The van der Waals surface area contributed by atoms with E-state index in [1.807, 2.05) is 30.0 Å². The first-order chi connectivity index (χ1) is 12.5. The Morgan fingerprint density at radius 2 is 1.88 bits per heavy atom. The average Bonchev–Trinajstić information content (AvgIpc) is 3.33. The molecular formula is C20H18Cl2N2O2. The molecule has 0 aromatic heterocycles. The lowest BCUT2D eigenvalue weighted by molar-refractivity contribution is -0.123. The minimum absolute atomic E-state index is 0.0322. The summed E-state index contributed by atoms with van der Waals surface area (Å²) in [4.78, 5) is 27.3. The van der Waals surface area contributed by atoms with Gasteiger partial charge in [-0.25, -0.2) is 0 Å². The summed E-state index contributed by atoms with van der Waals surface area (Å²) in [5.41, 5.74) is 2.67. The van der Waals surface area contributed by atoms with Crippen LogP contribution in [0, 0.1) is 11.8 Å². The van der Waals surface area contributed by atoms with Gasteiger partial charge in [0.15, 0.2) is 0 Å². The maximum atomic E-state index is 13.0. The second-order valence-corrected chi connectivity index (χ2v) is 7.80. The Kier molecular flexibility index (Phi) is 4.41. The fraction of sp³-hybridized carbons (Fsp3) is 0.300. The molecule has 134 valence electrons. The fourth-order valence-electron chi connectivity index (χ4n) is 3.65. The molecule has 2 amide bonds. The van der Waals surface area contributed by atoms with Crippen molar-refractivity contribution < 1.29 is 9.59 Å². The molecule has 1 saturated carbocycles. The van der Waals surface area contributed by atoms with E-state index in [1.54, 1.807) is 18.2 Å². The lowest BCUT2D eigenvalue weighted by Gasteiger charge is -2.23. The molecule has 26 heavy (non-hydrogen) atoms. The van der Waals surface area contributed by atoms with Crippen molar-refractivity contribution in [2.24, 2.45) is 11.8 Å². The Labute approximate surface area is 162 Å². The van der Waals surface area contributed by atoms with Gasteiger partial charge >= 0.3 is 0 Å². The standard InChI is InChI=1S/C20H18Cl2N2O2/c1-11-8-12-4-2-3-5-18(12)24(11)20(26)15-10-14(15)19(25)23-17-7-6-13(21)9-16(17)22/h2-7,9,11,14-15H,8,10H2,1H3,(H,23,25). The van der Waals surface area contributed by atoms with Crippen molar-refractivity contribution in [3.05, 3.63) is 58.1 Å². The highest BCUT2D eigenvalue weighted by Gasteiger charge is 2.51. The molecule has 4 rings (SSSR count). The maximum absolute atomic E-state index is 13.0. The number of amides is 2. The zero-order valence-corrected chi connectivity index (χ0v) is 15.7. The molecule has 0 spiro atoms. The normalized spacial score (nSPS) is 23.5. The smallest absolute Gasteiger partial charge is 0.231 e. The summed E-state index contributed by atoms with van der Waals surface area (Å²) in [5, 5.41) is 3.70. The molecule has 6 heteroatoms. The number of carbonyl (C=O) groups is 2. The number of fused-ring (bicyclic) bond motifs is 1. The van der Waals surface area contributed by atoms with Crippen molar-refractivity contribution in [1.82, 2.24) is 0 Å². The molecule has 0 saturated heterocycles. The molecule has 0 radical (unpaired) electrons. The van der Waals surface area contributed by atoms with E-state index < -0.39 is 0 Å². The molecule has 1 N–H and O–H groups in total. The van der Waals surface area contributed by atoms with Gasteiger partial charge in [0, 0.05) is 16.8 Å². The summed E-state index contributed by atoms with van der Waals surface area (Å²) in [7, 11) is 0. The highest BCUT2D eigenvalue weighted by Crippen LogP contribution is 2.44. The second kappa shape index (κ2) is 6.60. The minimum Gasteiger partial charge on any atom is -0.325 e. The van der Waals surface area contributed by atoms with Crippen LogP contribution in [0.2, 0.25) is 10.0 Å². The van der Waals surface area contributed by atoms with Gasteiger partial charge in [0.25, 0.3) is 0 Å². The first kappa shape index (κ1) is 17.4. The number of para-hydroxylation sites is 1.